The van der Waals surface area contributed by atoms with E-state index >= 15 is 0 Å². The highest BCUT2D eigenvalue weighted by Crippen LogP contribution is 2.36. The largest absolute Gasteiger partial charge is 0.399 e. The molecule has 23 heavy (non-hydrogen) atoms. The summed E-state index contributed by atoms with van der Waals surface area (Å²) < 4.78 is 0. The first kappa shape index (κ1) is 15.6. The minimum atomic E-state index is 0.500. The molecule has 1 heteroatoms. The molecule has 1 aliphatic rings. The number of anilines is 1. The number of nitrogens with two attached hydrogens (primary N) is 1. The summed E-state index contributed by atoms with van der Waals surface area (Å²) in [5.41, 5.74) is 12.0. The van der Waals surface area contributed by atoms with Crippen LogP contribution in [-0.2, 0) is 6.42 Å². The Labute approximate surface area is 139 Å². The van der Waals surface area contributed by atoms with Gasteiger partial charge in [0.15, 0.2) is 0 Å². The van der Waals surface area contributed by atoms with Crippen molar-refractivity contribution in [3.05, 3.63) is 77.9 Å². The second kappa shape index (κ2) is 6.87. The smallest absolute Gasteiger partial charge is 0.0314 e. The summed E-state index contributed by atoms with van der Waals surface area (Å²) in [6.07, 6.45) is 11.3. The number of hydrogen-bond acceptors (Lipinski definition) is 1. The lowest BCUT2D eigenvalue weighted by Gasteiger charge is -2.26. The standard InChI is InChI=1S/C22H25N/c1-3-16-7-5-6-8-21(16)22-14-11-19(15-17(22)4-2)18-9-12-20(23)13-10-18/h5-16,21H,3-4,23H2,1-2H3. The van der Waals surface area contributed by atoms with E-state index in [1.54, 1.807) is 0 Å². The van der Waals surface area contributed by atoms with Crippen LogP contribution in [0.15, 0.2) is 66.8 Å². The molecule has 0 aliphatic heterocycles. The highest BCUT2D eigenvalue weighted by molar-refractivity contribution is 5.67. The fourth-order valence-electron chi connectivity index (χ4n) is 3.47. The molecule has 3 rings (SSSR count). The zero-order valence-electron chi connectivity index (χ0n) is 14.0. The van der Waals surface area contributed by atoms with E-state index in [0.717, 1.165) is 12.1 Å². The van der Waals surface area contributed by atoms with E-state index in [1.807, 2.05) is 12.1 Å². The lowest BCUT2D eigenvalue weighted by molar-refractivity contribution is 0.556. The first-order valence-electron chi connectivity index (χ1n) is 8.56. The zero-order valence-corrected chi connectivity index (χ0v) is 14.0. The molecule has 2 unspecified atom stereocenters. The van der Waals surface area contributed by atoms with Gasteiger partial charge in [-0.25, -0.2) is 0 Å². The average molecular weight is 303 g/mol. The predicted molar refractivity (Wildman–Crippen MR) is 100 cm³/mol. The molecule has 0 bridgehead atoms. The van der Waals surface area contributed by atoms with Crippen LogP contribution in [0.2, 0.25) is 0 Å². The molecule has 0 heterocycles. The molecule has 1 aliphatic carbocycles. The normalized spacial score (nSPS) is 19.9. The predicted octanol–water partition coefficient (Wildman–Crippen LogP) is 5.73. The number of aryl methyl sites for hydroxylation is 1. The van der Waals surface area contributed by atoms with Crippen LogP contribution in [0.3, 0.4) is 0 Å². The van der Waals surface area contributed by atoms with Gasteiger partial charge in [-0.1, -0.05) is 68.5 Å². The van der Waals surface area contributed by atoms with E-state index in [2.05, 4.69) is 68.5 Å². The molecule has 1 nitrogen and oxygen atoms in total. The SMILES string of the molecule is CCc1cc(-c2ccc(N)cc2)ccc1C1C=CC=CC1CC. The Kier molecular flexibility index (Phi) is 4.66. The van der Waals surface area contributed by atoms with Crippen LogP contribution in [0.5, 0.6) is 0 Å². The monoisotopic (exact) mass is 303 g/mol. The lowest BCUT2D eigenvalue weighted by atomic mass is 9.79. The van der Waals surface area contributed by atoms with Crippen LogP contribution in [0.4, 0.5) is 5.69 Å². The van der Waals surface area contributed by atoms with Gasteiger partial charge in [0.1, 0.15) is 0 Å². The molecule has 0 amide bonds. The van der Waals surface area contributed by atoms with Crippen LogP contribution >= 0.6 is 0 Å². The highest BCUT2D eigenvalue weighted by Gasteiger charge is 2.21. The van der Waals surface area contributed by atoms with Gasteiger partial charge in [0.2, 0.25) is 0 Å². The maximum Gasteiger partial charge on any atom is 0.0314 e. The van der Waals surface area contributed by atoms with Crippen molar-refractivity contribution in [1.82, 2.24) is 0 Å². The van der Waals surface area contributed by atoms with Crippen molar-refractivity contribution in [2.45, 2.75) is 32.6 Å². The summed E-state index contributed by atoms with van der Waals surface area (Å²) in [5, 5.41) is 0. The maximum absolute atomic E-state index is 5.80. The van der Waals surface area contributed by atoms with Gasteiger partial charge < -0.3 is 5.73 Å². The molecule has 0 spiro atoms. The van der Waals surface area contributed by atoms with Crippen molar-refractivity contribution >= 4 is 5.69 Å². The Morgan fingerprint density at radius 1 is 0.870 bits per heavy atom. The van der Waals surface area contributed by atoms with Crippen molar-refractivity contribution in [2.75, 3.05) is 5.73 Å². The molecule has 0 radical (unpaired) electrons. The first-order valence-corrected chi connectivity index (χ1v) is 8.56. The molecule has 118 valence electrons. The maximum atomic E-state index is 5.80. The average Bonchev–Trinajstić information content (AvgIpc) is 2.62. The van der Waals surface area contributed by atoms with Crippen LogP contribution in [0.1, 0.15) is 37.3 Å². The highest BCUT2D eigenvalue weighted by atomic mass is 14.5. The van der Waals surface area contributed by atoms with Crippen LogP contribution in [0, 0.1) is 5.92 Å². The van der Waals surface area contributed by atoms with Crippen molar-refractivity contribution in [3.8, 4) is 11.1 Å². The Balaban J connectivity index is 1.98. The van der Waals surface area contributed by atoms with E-state index in [4.69, 9.17) is 5.73 Å². The lowest BCUT2D eigenvalue weighted by Crippen LogP contribution is -2.12. The molecule has 2 aromatic rings. The summed E-state index contributed by atoms with van der Waals surface area (Å²) in [7, 11) is 0. The van der Waals surface area contributed by atoms with Crippen LogP contribution in [0.25, 0.3) is 11.1 Å². The van der Waals surface area contributed by atoms with E-state index in [-0.39, 0.29) is 0 Å². The Hall–Kier alpha value is -2.28. The third-order valence-electron chi connectivity index (χ3n) is 4.85. The van der Waals surface area contributed by atoms with E-state index in [9.17, 15) is 0 Å². The summed E-state index contributed by atoms with van der Waals surface area (Å²) in [6, 6.07) is 15.1. The summed E-state index contributed by atoms with van der Waals surface area (Å²) in [6.45, 7) is 4.52. The molecular weight excluding hydrogens is 278 g/mol. The molecule has 0 saturated heterocycles. The van der Waals surface area contributed by atoms with Gasteiger partial charge in [-0.05, 0) is 53.1 Å². The van der Waals surface area contributed by atoms with Gasteiger partial charge in [-0.2, -0.15) is 0 Å². The van der Waals surface area contributed by atoms with Crippen molar-refractivity contribution in [2.24, 2.45) is 5.92 Å². The second-order valence-electron chi connectivity index (χ2n) is 6.26. The van der Waals surface area contributed by atoms with E-state index in [0.29, 0.717) is 11.8 Å². The molecule has 2 N–H and O–H groups in total. The number of benzene rings is 2. The fourth-order valence-corrected chi connectivity index (χ4v) is 3.47. The Morgan fingerprint density at radius 2 is 1.57 bits per heavy atom. The second-order valence-corrected chi connectivity index (χ2v) is 6.26. The van der Waals surface area contributed by atoms with E-state index < -0.39 is 0 Å². The molecule has 0 saturated carbocycles. The molecule has 2 aromatic carbocycles. The van der Waals surface area contributed by atoms with Gasteiger partial charge in [0.05, 0.1) is 0 Å². The third-order valence-corrected chi connectivity index (χ3v) is 4.85. The Morgan fingerprint density at radius 3 is 2.26 bits per heavy atom. The quantitative estimate of drug-likeness (QED) is 0.717. The van der Waals surface area contributed by atoms with Gasteiger partial charge in [-0.3, -0.25) is 0 Å². The van der Waals surface area contributed by atoms with Crippen molar-refractivity contribution in [1.29, 1.82) is 0 Å². The topological polar surface area (TPSA) is 26.0 Å². The van der Waals surface area contributed by atoms with Crippen LogP contribution < -0.4 is 5.73 Å². The van der Waals surface area contributed by atoms with Gasteiger partial charge in [0, 0.05) is 11.6 Å². The van der Waals surface area contributed by atoms with Gasteiger partial charge >= 0.3 is 0 Å². The molecule has 0 aromatic heterocycles. The Bertz CT molecular complexity index is 722. The number of rotatable bonds is 4. The number of nitrogen functional groups attached to an aromatic ring is 1. The zero-order chi connectivity index (χ0) is 16.2. The molecule has 0 fully saturated rings. The van der Waals surface area contributed by atoms with Crippen molar-refractivity contribution < 1.29 is 0 Å². The first-order chi connectivity index (χ1) is 11.2. The third kappa shape index (κ3) is 3.24. The summed E-state index contributed by atoms with van der Waals surface area (Å²) >= 11 is 0. The fraction of sp³-hybridized carbons (Fsp3) is 0.273. The van der Waals surface area contributed by atoms with Crippen molar-refractivity contribution in [3.63, 3.8) is 0 Å². The van der Waals surface area contributed by atoms with Crippen LogP contribution in [-0.4, -0.2) is 0 Å². The van der Waals surface area contributed by atoms with Gasteiger partial charge in [-0.15, -0.1) is 0 Å². The summed E-state index contributed by atoms with van der Waals surface area (Å²) in [5.74, 6) is 1.10. The number of hydrogen-bond donors (Lipinski definition) is 1. The van der Waals surface area contributed by atoms with E-state index in [1.165, 1.54) is 28.7 Å². The van der Waals surface area contributed by atoms with Gasteiger partial charge in [0.25, 0.3) is 0 Å². The number of allylic oxidation sites excluding steroid dienone is 4. The minimum absolute atomic E-state index is 0.500. The summed E-state index contributed by atoms with van der Waals surface area (Å²) in [4.78, 5) is 0. The minimum Gasteiger partial charge on any atom is -0.399 e. The molecular formula is C22H25N. The molecule has 2 atom stereocenters.